The van der Waals surface area contributed by atoms with Gasteiger partial charge < -0.3 is 10.1 Å². The molecular weight excluding hydrogens is 460 g/mol. The summed E-state index contributed by atoms with van der Waals surface area (Å²) in [4.78, 5) is 41.1. The Morgan fingerprint density at radius 1 is 1.03 bits per heavy atom. The second kappa shape index (κ2) is 10.1. The van der Waals surface area contributed by atoms with E-state index in [1.54, 1.807) is 30.3 Å². The molecule has 1 aromatic heterocycles. The van der Waals surface area contributed by atoms with Crippen LogP contribution in [0, 0.1) is 0 Å². The number of amides is 1. The van der Waals surface area contributed by atoms with Crippen molar-refractivity contribution in [3.8, 4) is 0 Å². The van der Waals surface area contributed by atoms with Gasteiger partial charge in [0.2, 0.25) is 10.0 Å². The van der Waals surface area contributed by atoms with Crippen molar-refractivity contribution in [1.82, 2.24) is 13.9 Å². The van der Waals surface area contributed by atoms with Crippen LogP contribution in [0.2, 0.25) is 0 Å². The highest BCUT2D eigenvalue weighted by Crippen LogP contribution is 2.22. The molecule has 11 heteroatoms. The van der Waals surface area contributed by atoms with Gasteiger partial charge in [0, 0.05) is 18.8 Å². The van der Waals surface area contributed by atoms with Gasteiger partial charge in [-0.2, -0.15) is 4.31 Å². The number of nitrogens with zero attached hydrogens (tertiary/aromatic N) is 3. The lowest BCUT2D eigenvalue weighted by Crippen LogP contribution is -2.35. The average Bonchev–Trinajstić information content (AvgIpc) is 2.85. The molecule has 4 rings (SSSR count). The number of anilines is 1. The van der Waals surface area contributed by atoms with Crippen LogP contribution in [-0.4, -0.2) is 53.8 Å². The number of rotatable bonds is 7. The zero-order valence-corrected chi connectivity index (χ0v) is 19.2. The summed E-state index contributed by atoms with van der Waals surface area (Å²) in [5.41, 5.74) is 0.397. The van der Waals surface area contributed by atoms with E-state index >= 15 is 0 Å². The minimum absolute atomic E-state index is 0.0902. The molecule has 1 fully saturated rings. The molecule has 0 bridgehead atoms. The first-order chi connectivity index (χ1) is 16.3. The SMILES string of the molecule is O=C(COC(=O)Cn1cnc2ccccc2c1=O)Nc1cccc(S(=O)(=O)N2CCCCC2)c1. The van der Waals surface area contributed by atoms with E-state index in [0.717, 1.165) is 23.8 Å². The largest absolute Gasteiger partial charge is 0.454 e. The predicted octanol–water partition coefficient (Wildman–Crippen LogP) is 1.75. The number of carbonyl (C=O) groups is 2. The van der Waals surface area contributed by atoms with Gasteiger partial charge >= 0.3 is 5.97 Å². The standard InChI is InChI=1S/C23H24N4O6S/c28-21(15-33-22(29)14-26-16-24-20-10-3-2-9-19(20)23(26)30)25-17-7-6-8-18(13-17)34(31,32)27-11-4-1-5-12-27/h2-3,6-10,13,16H,1,4-5,11-12,14-15H2,(H,25,28). The monoisotopic (exact) mass is 484 g/mol. The summed E-state index contributed by atoms with van der Waals surface area (Å²) in [7, 11) is -3.64. The second-order valence-electron chi connectivity index (χ2n) is 7.90. The third-order valence-corrected chi connectivity index (χ3v) is 7.36. The molecule has 0 aliphatic carbocycles. The number of hydrogen-bond donors (Lipinski definition) is 1. The van der Waals surface area contributed by atoms with Crippen LogP contribution in [0.3, 0.4) is 0 Å². The number of aromatic nitrogens is 2. The number of piperidine rings is 1. The Bertz CT molecular complexity index is 1380. The minimum Gasteiger partial charge on any atom is -0.454 e. The van der Waals surface area contributed by atoms with Crippen LogP contribution in [0.4, 0.5) is 5.69 Å². The second-order valence-corrected chi connectivity index (χ2v) is 9.83. The number of esters is 1. The molecule has 3 aromatic rings. The van der Waals surface area contributed by atoms with Gasteiger partial charge in [-0.3, -0.25) is 19.0 Å². The smallest absolute Gasteiger partial charge is 0.326 e. The quantitative estimate of drug-likeness (QED) is 0.506. The fourth-order valence-corrected chi connectivity index (χ4v) is 5.30. The molecule has 0 atom stereocenters. The highest BCUT2D eigenvalue weighted by molar-refractivity contribution is 7.89. The minimum atomic E-state index is -3.64. The van der Waals surface area contributed by atoms with E-state index in [1.807, 2.05) is 0 Å². The summed E-state index contributed by atoms with van der Waals surface area (Å²) in [6.07, 6.45) is 3.90. The molecule has 0 unspecified atom stereocenters. The van der Waals surface area contributed by atoms with Crippen molar-refractivity contribution in [2.24, 2.45) is 0 Å². The van der Waals surface area contributed by atoms with Gasteiger partial charge in [0.1, 0.15) is 6.54 Å². The number of benzene rings is 2. The van der Waals surface area contributed by atoms with Crippen molar-refractivity contribution >= 4 is 38.5 Å². The molecule has 1 amide bonds. The summed E-state index contributed by atoms with van der Waals surface area (Å²) < 4.78 is 33.2. The van der Waals surface area contributed by atoms with Crippen LogP contribution < -0.4 is 10.9 Å². The summed E-state index contributed by atoms with van der Waals surface area (Å²) in [5, 5.41) is 2.90. The Hall–Kier alpha value is -3.57. The lowest BCUT2D eigenvalue weighted by molar-refractivity contribution is -0.147. The third-order valence-electron chi connectivity index (χ3n) is 5.47. The maximum absolute atomic E-state index is 12.8. The molecule has 1 aliphatic rings. The highest BCUT2D eigenvalue weighted by Gasteiger charge is 2.26. The zero-order chi connectivity index (χ0) is 24.1. The van der Waals surface area contributed by atoms with Crippen molar-refractivity contribution in [1.29, 1.82) is 0 Å². The van der Waals surface area contributed by atoms with E-state index in [4.69, 9.17) is 4.74 Å². The van der Waals surface area contributed by atoms with Crippen molar-refractivity contribution < 1.29 is 22.7 Å². The van der Waals surface area contributed by atoms with E-state index in [0.29, 0.717) is 24.0 Å². The fourth-order valence-electron chi connectivity index (χ4n) is 3.74. The maximum Gasteiger partial charge on any atom is 0.326 e. The van der Waals surface area contributed by atoms with Gasteiger partial charge in [-0.1, -0.05) is 24.6 Å². The van der Waals surface area contributed by atoms with Gasteiger partial charge in [0.15, 0.2) is 6.61 Å². The Labute approximate surface area is 196 Å². The van der Waals surface area contributed by atoms with Crippen molar-refractivity contribution in [3.63, 3.8) is 0 Å². The van der Waals surface area contributed by atoms with Gasteiger partial charge in [-0.15, -0.1) is 0 Å². The van der Waals surface area contributed by atoms with Crippen LogP contribution in [0.5, 0.6) is 0 Å². The van der Waals surface area contributed by atoms with E-state index in [1.165, 1.54) is 28.8 Å². The maximum atomic E-state index is 12.8. The van der Waals surface area contributed by atoms with Crippen LogP contribution in [0.25, 0.3) is 10.9 Å². The van der Waals surface area contributed by atoms with Crippen molar-refractivity contribution in [3.05, 3.63) is 65.2 Å². The third kappa shape index (κ3) is 5.32. The Balaban J connectivity index is 1.34. The number of ether oxygens (including phenoxy) is 1. The molecule has 178 valence electrons. The number of para-hydroxylation sites is 1. The molecule has 10 nitrogen and oxygen atoms in total. The van der Waals surface area contributed by atoms with Crippen LogP contribution in [0.1, 0.15) is 19.3 Å². The Kier molecular flexibility index (Phi) is 7.03. The van der Waals surface area contributed by atoms with Crippen LogP contribution >= 0.6 is 0 Å². The van der Waals surface area contributed by atoms with Crippen molar-refractivity contribution in [2.75, 3.05) is 25.0 Å². The highest BCUT2D eigenvalue weighted by atomic mass is 32.2. The number of carbonyl (C=O) groups excluding carboxylic acids is 2. The van der Waals surface area contributed by atoms with E-state index in [9.17, 15) is 22.8 Å². The van der Waals surface area contributed by atoms with Gasteiger partial charge in [0.05, 0.1) is 22.1 Å². The summed E-state index contributed by atoms with van der Waals surface area (Å²) in [6, 6.07) is 12.7. The lowest BCUT2D eigenvalue weighted by atomic mass is 10.2. The Morgan fingerprint density at radius 2 is 1.79 bits per heavy atom. The first kappa shape index (κ1) is 23.6. The molecule has 1 N–H and O–H groups in total. The molecular formula is C23H24N4O6S. The van der Waals surface area contributed by atoms with Gasteiger partial charge in [0.25, 0.3) is 11.5 Å². The zero-order valence-electron chi connectivity index (χ0n) is 18.3. The molecule has 0 saturated carbocycles. The van der Waals surface area contributed by atoms with Crippen molar-refractivity contribution in [2.45, 2.75) is 30.7 Å². The van der Waals surface area contributed by atoms with E-state index < -0.39 is 40.6 Å². The van der Waals surface area contributed by atoms with Gasteiger partial charge in [-0.05, 0) is 43.2 Å². The van der Waals surface area contributed by atoms with E-state index in [-0.39, 0.29) is 10.6 Å². The normalized spacial score (nSPS) is 14.6. The molecule has 1 saturated heterocycles. The van der Waals surface area contributed by atoms with Crippen LogP contribution in [0.15, 0.2) is 64.5 Å². The number of nitrogens with one attached hydrogen (secondary N) is 1. The molecule has 34 heavy (non-hydrogen) atoms. The molecule has 2 aromatic carbocycles. The summed E-state index contributed by atoms with van der Waals surface area (Å²) in [5.74, 6) is -1.42. The Morgan fingerprint density at radius 3 is 2.59 bits per heavy atom. The van der Waals surface area contributed by atoms with E-state index in [2.05, 4.69) is 10.3 Å². The molecule has 1 aliphatic heterocycles. The average molecular weight is 485 g/mol. The van der Waals surface area contributed by atoms with Gasteiger partial charge in [-0.25, -0.2) is 13.4 Å². The number of fused-ring (bicyclic) bond motifs is 1. The summed E-state index contributed by atoms with van der Waals surface area (Å²) >= 11 is 0. The molecule has 2 heterocycles. The lowest BCUT2D eigenvalue weighted by Gasteiger charge is -2.26. The first-order valence-corrected chi connectivity index (χ1v) is 12.3. The topological polar surface area (TPSA) is 128 Å². The number of hydrogen-bond acceptors (Lipinski definition) is 7. The van der Waals surface area contributed by atoms with Crippen LogP contribution in [-0.2, 0) is 30.9 Å². The molecule has 0 radical (unpaired) electrons. The molecule has 0 spiro atoms. The predicted molar refractivity (Wildman–Crippen MR) is 125 cm³/mol. The first-order valence-electron chi connectivity index (χ1n) is 10.8. The number of sulfonamides is 1. The summed E-state index contributed by atoms with van der Waals surface area (Å²) in [6.45, 7) is -0.0272. The fraction of sp³-hybridized carbons (Fsp3) is 0.304.